The zero-order valence-electron chi connectivity index (χ0n) is 19.7. The molecule has 8 nitrogen and oxygen atoms in total. The second-order valence-corrected chi connectivity index (χ2v) is 11.0. The van der Waals surface area contributed by atoms with Gasteiger partial charge < -0.3 is 15.0 Å². The molecule has 2 atom stereocenters. The molecule has 0 radical (unpaired) electrons. The molecule has 1 heterocycles. The van der Waals surface area contributed by atoms with Gasteiger partial charge in [0.2, 0.25) is 20.8 Å². The van der Waals surface area contributed by atoms with Crippen LogP contribution >= 0.6 is 11.6 Å². The molecule has 1 amide bonds. The molecular formula is C27H23ClN2O6S. The molecule has 0 aliphatic carbocycles. The number of benzene rings is 3. The lowest BCUT2D eigenvalue weighted by atomic mass is 10.0. The Morgan fingerprint density at radius 1 is 0.973 bits per heavy atom. The van der Waals surface area contributed by atoms with E-state index < -0.39 is 33.2 Å². The van der Waals surface area contributed by atoms with E-state index in [2.05, 4.69) is 10.3 Å². The summed E-state index contributed by atoms with van der Waals surface area (Å²) in [5, 5.41) is 3.72. The molecule has 190 valence electrons. The minimum atomic E-state index is -3.99. The number of rotatable bonds is 8. The smallest absolute Gasteiger partial charge is 0.330 e. The molecule has 4 rings (SSSR count). The van der Waals surface area contributed by atoms with Crippen LogP contribution in [0.1, 0.15) is 22.8 Å². The molecule has 37 heavy (non-hydrogen) atoms. The number of carbonyl (C=O) groups excluding carboxylic acids is 2. The van der Waals surface area contributed by atoms with Gasteiger partial charge in [-0.3, -0.25) is 9.59 Å². The first-order valence-corrected chi connectivity index (χ1v) is 13.2. The van der Waals surface area contributed by atoms with Crippen molar-refractivity contribution in [2.45, 2.75) is 29.7 Å². The molecule has 0 bridgehead atoms. The van der Waals surface area contributed by atoms with Crippen LogP contribution in [0.15, 0.2) is 94.6 Å². The highest BCUT2D eigenvalue weighted by Crippen LogP contribution is 2.20. The van der Waals surface area contributed by atoms with Crippen LogP contribution in [0, 0.1) is 0 Å². The van der Waals surface area contributed by atoms with Crippen molar-refractivity contribution in [3.8, 4) is 0 Å². The third kappa shape index (κ3) is 6.07. The molecule has 1 aromatic heterocycles. The van der Waals surface area contributed by atoms with Gasteiger partial charge in [-0.1, -0.05) is 48.0 Å². The summed E-state index contributed by atoms with van der Waals surface area (Å²) >= 11 is 5.91. The summed E-state index contributed by atoms with van der Waals surface area (Å²) in [4.78, 5) is 41.2. The molecule has 0 spiro atoms. The van der Waals surface area contributed by atoms with Crippen molar-refractivity contribution in [2.24, 2.45) is 0 Å². The van der Waals surface area contributed by atoms with E-state index in [0.717, 1.165) is 0 Å². The summed E-state index contributed by atoms with van der Waals surface area (Å²) in [6.07, 6.45) is -0.110. The van der Waals surface area contributed by atoms with Crippen molar-refractivity contribution in [2.75, 3.05) is 0 Å². The number of aromatic amines is 1. The van der Waals surface area contributed by atoms with Gasteiger partial charge in [0.15, 0.2) is 0 Å². The van der Waals surface area contributed by atoms with E-state index in [1.54, 1.807) is 42.5 Å². The van der Waals surface area contributed by atoms with Crippen LogP contribution in [0.25, 0.3) is 10.9 Å². The highest BCUT2D eigenvalue weighted by Gasteiger charge is 2.31. The van der Waals surface area contributed by atoms with Gasteiger partial charge in [-0.05, 0) is 55.0 Å². The fourth-order valence-electron chi connectivity index (χ4n) is 3.81. The summed E-state index contributed by atoms with van der Waals surface area (Å²) in [7, 11) is -3.99. The molecule has 2 N–H and O–H groups in total. The minimum Gasteiger partial charge on any atom is -0.444 e. The number of para-hydroxylation sites is 1. The Kier molecular flexibility index (Phi) is 7.75. The quantitative estimate of drug-likeness (QED) is 0.328. The predicted octanol–water partition coefficient (Wildman–Crippen LogP) is 3.89. The Morgan fingerprint density at radius 3 is 2.32 bits per heavy atom. The van der Waals surface area contributed by atoms with Crippen LogP contribution in [-0.2, 0) is 25.8 Å². The van der Waals surface area contributed by atoms with Gasteiger partial charge in [-0.2, -0.15) is 0 Å². The number of aromatic nitrogens is 1. The van der Waals surface area contributed by atoms with E-state index in [1.807, 2.05) is 0 Å². The van der Waals surface area contributed by atoms with Crippen LogP contribution in [-0.4, -0.2) is 36.8 Å². The average molecular weight is 539 g/mol. The lowest BCUT2D eigenvalue weighted by Crippen LogP contribution is -2.45. The summed E-state index contributed by atoms with van der Waals surface area (Å²) in [5.74, 6) is -1.55. The highest BCUT2D eigenvalue weighted by molar-refractivity contribution is 7.91. The first-order valence-electron chi connectivity index (χ1n) is 11.3. The maximum Gasteiger partial charge on any atom is 0.330 e. The first-order chi connectivity index (χ1) is 17.6. The minimum absolute atomic E-state index is 0.00219. The van der Waals surface area contributed by atoms with E-state index in [9.17, 15) is 22.8 Å². The maximum atomic E-state index is 13.3. The molecular weight excluding hydrogens is 516 g/mol. The number of sulfone groups is 1. The molecule has 3 aromatic carbocycles. The third-order valence-corrected chi connectivity index (χ3v) is 7.90. The molecule has 4 aromatic rings. The van der Waals surface area contributed by atoms with E-state index in [1.165, 1.54) is 49.4 Å². The van der Waals surface area contributed by atoms with Crippen molar-refractivity contribution >= 4 is 44.2 Å². The van der Waals surface area contributed by atoms with E-state index in [4.69, 9.17) is 16.3 Å². The Morgan fingerprint density at radius 2 is 1.62 bits per heavy atom. The van der Waals surface area contributed by atoms with Crippen LogP contribution in [0.5, 0.6) is 0 Å². The SMILES string of the molecule is C[C@@H](OC(=O)C(Cc1cc(=O)[nH]c2ccccc12)NC(=O)c1ccc(Cl)cc1)S(=O)(=O)c1ccccc1. The topological polar surface area (TPSA) is 122 Å². The van der Waals surface area contributed by atoms with Crippen LogP contribution in [0.4, 0.5) is 0 Å². The Balaban J connectivity index is 1.65. The lowest BCUT2D eigenvalue weighted by molar-refractivity contribution is -0.147. The van der Waals surface area contributed by atoms with Gasteiger partial charge in [-0.15, -0.1) is 0 Å². The van der Waals surface area contributed by atoms with Crippen LogP contribution in [0.3, 0.4) is 0 Å². The third-order valence-electron chi connectivity index (χ3n) is 5.75. The van der Waals surface area contributed by atoms with Gasteiger partial charge in [0.05, 0.1) is 4.90 Å². The first kappa shape index (κ1) is 26.1. The lowest BCUT2D eigenvalue weighted by Gasteiger charge is -2.21. The van der Waals surface area contributed by atoms with E-state index in [-0.39, 0.29) is 22.4 Å². The van der Waals surface area contributed by atoms with E-state index >= 15 is 0 Å². The molecule has 0 saturated heterocycles. The van der Waals surface area contributed by atoms with Gasteiger partial charge in [-0.25, -0.2) is 13.2 Å². The monoisotopic (exact) mass is 538 g/mol. The Hall–Kier alpha value is -3.95. The number of fused-ring (bicyclic) bond motifs is 1. The molecule has 0 aliphatic heterocycles. The number of H-pyrrole nitrogens is 1. The highest BCUT2D eigenvalue weighted by atomic mass is 35.5. The zero-order valence-corrected chi connectivity index (χ0v) is 21.3. The number of nitrogens with one attached hydrogen (secondary N) is 2. The standard InChI is InChI=1S/C27H23ClN2O6S/c1-17(37(34,35)21-7-3-2-4-8-21)36-27(33)24(30-26(32)18-11-13-20(28)14-12-18)15-19-16-25(31)29-23-10-6-5-9-22(19)23/h2-14,16-17,24H,15H2,1H3,(H,29,31)(H,30,32)/t17-,24?/m0/s1. The number of carbonyl (C=O) groups is 2. The van der Waals surface area contributed by atoms with Crippen molar-refractivity contribution in [3.05, 3.63) is 111 Å². The number of hydrogen-bond donors (Lipinski definition) is 2. The number of esters is 1. The van der Waals surface area contributed by atoms with Crippen LogP contribution < -0.4 is 10.9 Å². The van der Waals surface area contributed by atoms with Gasteiger partial charge in [0.1, 0.15) is 6.04 Å². The summed E-state index contributed by atoms with van der Waals surface area (Å²) in [6.45, 7) is 1.25. The average Bonchev–Trinajstić information content (AvgIpc) is 2.88. The van der Waals surface area contributed by atoms with Crippen molar-refractivity contribution in [1.29, 1.82) is 0 Å². The number of halogens is 1. The molecule has 1 unspecified atom stereocenters. The number of pyridine rings is 1. The number of amides is 1. The normalized spacial score (nSPS) is 13.0. The summed E-state index contributed by atoms with van der Waals surface area (Å²) < 4.78 is 31.2. The van der Waals surface area contributed by atoms with Crippen molar-refractivity contribution in [3.63, 3.8) is 0 Å². The second-order valence-electron chi connectivity index (χ2n) is 8.30. The van der Waals surface area contributed by atoms with Gasteiger partial charge in [0.25, 0.3) is 5.91 Å². The Bertz CT molecular complexity index is 1600. The molecule has 10 heteroatoms. The second kappa shape index (κ2) is 11.0. The zero-order chi connectivity index (χ0) is 26.6. The molecule has 0 fully saturated rings. The van der Waals surface area contributed by atoms with Gasteiger partial charge in [0, 0.05) is 34.0 Å². The maximum absolute atomic E-state index is 13.3. The predicted molar refractivity (Wildman–Crippen MR) is 140 cm³/mol. The Labute approximate surface area is 218 Å². The summed E-state index contributed by atoms with van der Waals surface area (Å²) in [6, 6.07) is 20.7. The fraction of sp³-hybridized carbons (Fsp3) is 0.148. The fourth-order valence-corrected chi connectivity index (χ4v) is 5.08. The number of ether oxygens (including phenoxy) is 1. The number of hydrogen-bond acceptors (Lipinski definition) is 6. The largest absolute Gasteiger partial charge is 0.444 e. The molecule has 0 saturated carbocycles. The van der Waals surface area contributed by atoms with E-state index in [0.29, 0.717) is 21.5 Å². The van der Waals surface area contributed by atoms with Crippen molar-refractivity contribution < 1.29 is 22.7 Å². The van der Waals surface area contributed by atoms with Crippen LogP contribution in [0.2, 0.25) is 5.02 Å². The summed E-state index contributed by atoms with van der Waals surface area (Å²) in [5.41, 5.74) is -0.626. The molecule has 0 aliphatic rings. The van der Waals surface area contributed by atoms with Gasteiger partial charge >= 0.3 is 5.97 Å². The van der Waals surface area contributed by atoms with Crippen molar-refractivity contribution in [1.82, 2.24) is 10.3 Å².